The van der Waals surface area contributed by atoms with Crippen molar-refractivity contribution in [2.24, 2.45) is 0 Å². The smallest absolute Gasteiger partial charge is 0.265 e. The molecular formula is C18H17FN2O3. The van der Waals surface area contributed by atoms with E-state index in [9.17, 15) is 14.0 Å². The maximum absolute atomic E-state index is 12.9. The lowest BCUT2D eigenvalue weighted by Crippen LogP contribution is -2.40. The van der Waals surface area contributed by atoms with Crippen LogP contribution in [0.4, 0.5) is 15.8 Å². The van der Waals surface area contributed by atoms with Gasteiger partial charge in [-0.15, -0.1) is 0 Å². The number of hydrogen-bond donors (Lipinski definition) is 1. The summed E-state index contributed by atoms with van der Waals surface area (Å²) in [5.74, 6) is -0.136. The van der Waals surface area contributed by atoms with Crippen molar-refractivity contribution >= 4 is 23.2 Å². The van der Waals surface area contributed by atoms with Gasteiger partial charge in [0.15, 0.2) is 6.61 Å². The third-order valence-corrected chi connectivity index (χ3v) is 3.75. The monoisotopic (exact) mass is 328 g/mol. The number of aryl methyl sites for hydroxylation is 1. The maximum Gasteiger partial charge on any atom is 0.265 e. The van der Waals surface area contributed by atoms with E-state index in [1.165, 1.54) is 24.3 Å². The van der Waals surface area contributed by atoms with Gasteiger partial charge in [0, 0.05) is 18.7 Å². The Morgan fingerprint density at radius 3 is 2.75 bits per heavy atom. The minimum atomic E-state index is -0.362. The highest BCUT2D eigenvalue weighted by Crippen LogP contribution is 2.32. The van der Waals surface area contributed by atoms with Crippen LogP contribution in [0.1, 0.15) is 12.0 Å². The van der Waals surface area contributed by atoms with E-state index in [-0.39, 0.29) is 37.2 Å². The van der Waals surface area contributed by atoms with Crippen LogP contribution in [0.2, 0.25) is 0 Å². The number of ether oxygens (including phenoxy) is 1. The van der Waals surface area contributed by atoms with Crippen LogP contribution < -0.4 is 15.0 Å². The Hall–Kier alpha value is -2.89. The van der Waals surface area contributed by atoms with Gasteiger partial charge in [0.1, 0.15) is 11.6 Å². The van der Waals surface area contributed by atoms with Crippen LogP contribution in [0, 0.1) is 12.7 Å². The average Bonchev–Trinajstić information content (AvgIpc) is 2.56. The molecule has 0 spiro atoms. The molecule has 0 unspecified atom stereocenters. The van der Waals surface area contributed by atoms with E-state index in [4.69, 9.17) is 4.74 Å². The number of carbonyl (C=O) groups is 2. The number of hydrogen-bond acceptors (Lipinski definition) is 3. The zero-order valence-electron chi connectivity index (χ0n) is 13.2. The summed E-state index contributed by atoms with van der Waals surface area (Å²) in [6, 6.07) is 11.1. The molecule has 0 atom stereocenters. The first-order valence-electron chi connectivity index (χ1n) is 7.62. The minimum absolute atomic E-state index is 0.0317. The molecule has 3 rings (SSSR count). The van der Waals surface area contributed by atoms with Crippen molar-refractivity contribution < 1.29 is 18.7 Å². The third kappa shape index (κ3) is 3.53. The molecule has 1 aliphatic heterocycles. The van der Waals surface area contributed by atoms with Crippen LogP contribution in [0.25, 0.3) is 0 Å². The molecular weight excluding hydrogens is 311 g/mol. The van der Waals surface area contributed by atoms with Gasteiger partial charge in [-0.2, -0.15) is 0 Å². The van der Waals surface area contributed by atoms with Crippen molar-refractivity contribution in [3.8, 4) is 5.75 Å². The molecule has 2 amide bonds. The zero-order valence-corrected chi connectivity index (χ0v) is 13.2. The van der Waals surface area contributed by atoms with Gasteiger partial charge in [0.25, 0.3) is 5.91 Å². The second-order valence-corrected chi connectivity index (χ2v) is 5.61. The molecule has 5 nitrogen and oxygen atoms in total. The number of anilines is 2. The number of nitrogens with zero attached hydrogens (tertiary/aromatic N) is 1. The van der Waals surface area contributed by atoms with Crippen LogP contribution in [0.3, 0.4) is 0 Å². The lowest BCUT2D eigenvalue weighted by molar-refractivity contribution is -0.121. The molecule has 24 heavy (non-hydrogen) atoms. The van der Waals surface area contributed by atoms with E-state index < -0.39 is 0 Å². The SMILES string of the molecule is Cc1ccc2c(c1)OCC(=O)N2CCC(=O)Nc1ccc(F)cc1. The summed E-state index contributed by atoms with van der Waals surface area (Å²) in [6.07, 6.45) is 0.135. The standard InChI is InChI=1S/C18H17FN2O3/c1-12-2-7-15-16(10-12)24-11-18(23)21(15)9-8-17(22)20-14-5-3-13(19)4-6-14/h2-7,10H,8-9,11H2,1H3,(H,20,22). The first-order chi connectivity index (χ1) is 11.5. The van der Waals surface area contributed by atoms with Crippen molar-refractivity contribution in [1.82, 2.24) is 0 Å². The van der Waals surface area contributed by atoms with Crippen LogP contribution in [0.15, 0.2) is 42.5 Å². The number of nitrogens with one attached hydrogen (secondary N) is 1. The first-order valence-corrected chi connectivity index (χ1v) is 7.62. The van der Waals surface area contributed by atoms with Crippen molar-refractivity contribution in [3.05, 3.63) is 53.8 Å². The van der Waals surface area contributed by atoms with E-state index in [0.29, 0.717) is 17.1 Å². The number of fused-ring (bicyclic) bond motifs is 1. The summed E-state index contributed by atoms with van der Waals surface area (Å²) in [4.78, 5) is 25.7. The van der Waals surface area contributed by atoms with E-state index in [2.05, 4.69) is 5.32 Å². The fraction of sp³-hybridized carbons (Fsp3) is 0.222. The maximum atomic E-state index is 12.9. The largest absolute Gasteiger partial charge is 0.482 e. The van der Waals surface area contributed by atoms with E-state index >= 15 is 0 Å². The lowest BCUT2D eigenvalue weighted by Gasteiger charge is -2.29. The summed E-state index contributed by atoms with van der Waals surface area (Å²) >= 11 is 0. The van der Waals surface area contributed by atoms with E-state index in [1.807, 2.05) is 25.1 Å². The van der Waals surface area contributed by atoms with Crippen LogP contribution >= 0.6 is 0 Å². The highest BCUT2D eigenvalue weighted by Gasteiger charge is 2.25. The molecule has 2 aromatic carbocycles. The van der Waals surface area contributed by atoms with Crippen molar-refractivity contribution in [3.63, 3.8) is 0 Å². The van der Waals surface area contributed by atoms with E-state index in [0.717, 1.165) is 5.56 Å². The Bertz CT molecular complexity index is 774. The van der Waals surface area contributed by atoms with Gasteiger partial charge in [-0.1, -0.05) is 6.07 Å². The predicted molar refractivity (Wildman–Crippen MR) is 88.7 cm³/mol. The number of halogens is 1. The number of amides is 2. The summed E-state index contributed by atoms with van der Waals surface area (Å²) < 4.78 is 18.3. The van der Waals surface area contributed by atoms with Gasteiger partial charge >= 0.3 is 0 Å². The Balaban J connectivity index is 1.64. The molecule has 6 heteroatoms. The molecule has 124 valence electrons. The van der Waals surface area contributed by atoms with Crippen LogP contribution in [-0.4, -0.2) is 25.0 Å². The molecule has 0 saturated carbocycles. The summed E-state index contributed by atoms with van der Waals surface area (Å²) in [7, 11) is 0. The Morgan fingerprint density at radius 1 is 1.25 bits per heavy atom. The Labute approximate surface area is 139 Å². The number of benzene rings is 2. The first kappa shape index (κ1) is 16.0. The van der Waals surface area contributed by atoms with Gasteiger partial charge < -0.3 is 15.0 Å². The third-order valence-electron chi connectivity index (χ3n) is 3.75. The second-order valence-electron chi connectivity index (χ2n) is 5.61. The fourth-order valence-electron chi connectivity index (χ4n) is 2.53. The van der Waals surface area contributed by atoms with Gasteiger partial charge in [-0.25, -0.2) is 4.39 Å². The van der Waals surface area contributed by atoms with Crippen molar-refractivity contribution in [2.45, 2.75) is 13.3 Å². The molecule has 0 bridgehead atoms. The van der Waals surface area contributed by atoms with Gasteiger partial charge in [-0.3, -0.25) is 9.59 Å². The van der Waals surface area contributed by atoms with Crippen LogP contribution in [0.5, 0.6) is 5.75 Å². The quantitative estimate of drug-likeness (QED) is 0.939. The highest BCUT2D eigenvalue weighted by molar-refractivity contribution is 5.99. The van der Waals surface area contributed by atoms with E-state index in [1.54, 1.807) is 4.90 Å². The Kier molecular flexibility index (Phi) is 4.46. The molecule has 0 radical (unpaired) electrons. The van der Waals surface area contributed by atoms with Crippen molar-refractivity contribution in [1.29, 1.82) is 0 Å². The average molecular weight is 328 g/mol. The number of rotatable bonds is 4. The zero-order chi connectivity index (χ0) is 17.1. The highest BCUT2D eigenvalue weighted by atomic mass is 19.1. The Morgan fingerprint density at radius 2 is 2.00 bits per heavy atom. The molecule has 2 aromatic rings. The molecule has 0 aliphatic carbocycles. The second kappa shape index (κ2) is 6.70. The summed E-state index contributed by atoms with van der Waals surface area (Å²) in [6.45, 7) is 2.17. The molecule has 1 heterocycles. The van der Waals surface area contributed by atoms with Gasteiger partial charge in [0.2, 0.25) is 5.91 Å². The lowest BCUT2D eigenvalue weighted by atomic mass is 10.1. The summed E-state index contributed by atoms with van der Waals surface area (Å²) in [5, 5.41) is 2.68. The normalized spacial score (nSPS) is 13.2. The topological polar surface area (TPSA) is 58.6 Å². The fourth-order valence-corrected chi connectivity index (χ4v) is 2.53. The predicted octanol–water partition coefficient (Wildman–Crippen LogP) is 2.89. The molecule has 1 N–H and O–H groups in total. The van der Waals surface area contributed by atoms with Crippen molar-refractivity contribution in [2.75, 3.05) is 23.4 Å². The van der Waals surface area contributed by atoms with Crippen LogP contribution in [-0.2, 0) is 9.59 Å². The molecule has 0 fully saturated rings. The van der Waals surface area contributed by atoms with Gasteiger partial charge in [-0.05, 0) is 48.9 Å². The molecule has 1 aliphatic rings. The summed E-state index contributed by atoms with van der Waals surface area (Å²) in [5.41, 5.74) is 2.23. The van der Waals surface area contributed by atoms with Gasteiger partial charge in [0.05, 0.1) is 5.69 Å². The molecule has 0 saturated heterocycles. The molecule has 0 aromatic heterocycles. The minimum Gasteiger partial charge on any atom is -0.482 e. The number of carbonyl (C=O) groups excluding carboxylic acids is 2.